The molecule has 1 saturated heterocycles. The fraction of sp³-hybridized carbons (Fsp3) is 0.400. The number of sulfone groups is 1. The number of halogens is 1. The number of ketones is 1. The van der Waals surface area contributed by atoms with E-state index in [2.05, 4.69) is 10.2 Å². The summed E-state index contributed by atoms with van der Waals surface area (Å²) in [5.74, 6) is 1.02. The molecule has 0 spiro atoms. The second kappa shape index (κ2) is 6.85. The largest absolute Gasteiger partial charge is 0.309 e. The van der Waals surface area contributed by atoms with Crippen LogP contribution in [-0.4, -0.2) is 46.2 Å². The Labute approximate surface area is 149 Å². The van der Waals surface area contributed by atoms with E-state index >= 15 is 0 Å². The van der Waals surface area contributed by atoms with Crippen LogP contribution in [0.5, 0.6) is 0 Å². The van der Waals surface area contributed by atoms with Crippen molar-refractivity contribution in [3.05, 3.63) is 40.7 Å². The minimum atomic E-state index is -2.97. The van der Waals surface area contributed by atoms with Gasteiger partial charge in [0.1, 0.15) is 5.82 Å². The van der Waals surface area contributed by atoms with Gasteiger partial charge in [-0.3, -0.25) is 4.79 Å². The van der Waals surface area contributed by atoms with E-state index in [1.807, 2.05) is 0 Å². The minimum Gasteiger partial charge on any atom is -0.309 e. The molecule has 0 N–H and O–H groups in total. The van der Waals surface area contributed by atoms with Gasteiger partial charge in [0.05, 0.1) is 17.3 Å². The number of Topliss-reactive ketones (excluding diaryl/α,β-unsaturated/α-hetero) is 1. The summed E-state index contributed by atoms with van der Waals surface area (Å²) in [5.41, 5.74) is 0.555. The molecule has 0 aliphatic carbocycles. The molecule has 1 aromatic carbocycles. The number of hydrogen-bond donors (Lipinski definition) is 0. The van der Waals surface area contributed by atoms with Crippen LogP contribution < -0.4 is 0 Å². The highest BCUT2D eigenvalue weighted by Crippen LogP contribution is 2.29. The first kappa shape index (κ1) is 17.4. The number of rotatable bonds is 5. The zero-order valence-corrected chi connectivity index (χ0v) is 15.4. The summed E-state index contributed by atoms with van der Waals surface area (Å²) in [5, 5.41) is 9.34. The van der Waals surface area contributed by atoms with Crippen molar-refractivity contribution < 1.29 is 13.2 Å². The quantitative estimate of drug-likeness (QED) is 0.580. The molecule has 9 heteroatoms. The standard InChI is InChI=1S/C15H16ClN3O3S2/c1-19-14(11-5-6-24(21,22)9-11)17-18-15(19)23-8-13(20)10-3-2-4-12(16)7-10/h2-4,7,11H,5-6,8-9H2,1H3/t11-/m1/s1. The van der Waals surface area contributed by atoms with Crippen LogP contribution in [0.2, 0.25) is 5.02 Å². The average Bonchev–Trinajstić information content (AvgIpc) is 3.07. The van der Waals surface area contributed by atoms with Crippen molar-refractivity contribution in [2.45, 2.75) is 17.5 Å². The molecule has 1 aliphatic heterocycles. The third kappa shape index (κ3) is 3.81. The Bertz CT molecular complexity index is 880. The maximum atomic E-state index is 12.2. The second-order valence-electron chi connectivity index (χ2n) is 5.72. The Morgan fingerprint density at radius 3 is 2.88 bits per heavy atom. The molecule has 6 nitrogen and oxygen atoms in total. The van der Waals surface area contributed by atoms with Crippen molar-refractivity contribution in [2.24, 2.45) is 7.05 Å². The fourth-order valence-corrected chi connectivity index (χ4v) is 5.42. The van der Waals surface area contributed by atoms with Gasteiger partial charge in [0.2, 0.25) is 0 Å². The molecule has 0 radical (unpaired) electrons. The van der Waals surface area contributed by atoms with Gasteiger partial charge < -0.3 is 4.57 Å². The van der Waals surface area contributed by atoms with E-state index in [0.29, 0.717) is 28.0 Å². The molecular formula is C15H16ClN3O3S2. The predicted molar refractivity (Wildman–Crippen MR) is 93.5 cm³/mol. The zero-order chi connectivity index (χ0) is 17.3. The SMILES string of the molecule is Cn1c(SCC(=O)c2cccc(Cl)c2)nnc1[C@@H]1CCS(=O)(=O)C1. The van der Waals surface area contributed by atoms with E-state index in [4.69, 9.17) is 11.6 Å². The molecule has 24 heavy (non-hydrogen) atoms. The monoisotopic (exact) mass is 385 g/mol. The lowest BCUT2D eigenvalue weighted by atomic mass is 10.1. The summed E-state index contributed by atoms with van der Waals surface area (Å²) in [7, 11) is -1.17. The van der Waals surface area contributed by atoms with Crippen LogP contribution in [0, 0.1) is 0 Å². The van der Waals surface area contributed by atoms with Crippen LogP contribution in [0.4, 0.5) is 0 Å². The average molecular weight is 386 g/mol. The molecule has 1 aliphatic rings. The number of nitrogens with zero attached hydrogens (tertiary/aromatic N) is 3. The van der Waals surface area contributed by atoms with E-state index < -0.39 is 9.84 Å². The molecule has 1 aromatic heterocycles. The maximum Gasteiger partial charge on any atom is 0.191 e. The van der Waals surface area contributed by atoms with Crippen LogP contribution in [0.3, 0.4) is 0 Å². The molecular weight excluding hydrogens is 370 g/mol. The van der Waals surface area contributed by atoms with Crippen LogP contribution in [0.25, 0.3) is 0 Å². The summed E-state index contributed by atoms with van der Waals surface area (Å²) in [6, 6.07) is 6.81. The van der Waals surface area contributed by atoms with Gasteiger partial charge in [0.15, 0.2) is 20.8 Å². The Morgan fingerprint density at radius 1 is 1.42 bits per heavy atom. The molecule has 0 unspecified atom stereocenters. The number of thioether (sulfide) groups is 1. The highest BCUT2D eigenvalue weighted by Gasteiger charge is 2.32. The van der Waals surface area contributed by atoms with Crippen LogP contribution in [0.15, 0.2) is 29.4 Å². The van der Waals surface area contributed by atoms with E-state index in [1.165, 1.54) is 11.8 Å². The van der Waals surface area contributed by atoms with Gasteiger partial charge in [0, 0.05) is 23.6 Å². The minimum absolute atomic E-state index is 0.0458. The lowest BCUT2D eigenvalue weighted by molar-refractivity contribution is 0.102. The van der Waals surface area contributed by atoms with Crippen molar-refractivity contribution in [1.82, 2.24) is 14.8 Å². The lowest BCUT2D eigenvalue weighted by Gasteiger charge is -2.07. The first-order valence-corrected chi connectivity index (χ1v) is 10.6. The fourth-order valence-electron chi connectivity index (χ4n) is 2.68. The van der Waals surface area contributed by atoms with Crippen molar-refractivity contribution in [1.29, 1.82) is 0 Å². The van der Waals surface area contributed by atoms with Crippen LogP contribution >= 0.6 is 23.4 Å². The number of hydrogen-bond acceptors (Lipinski definition) is 6. The first-order valence-electron chi connectivity index (χ1n) is 7.37. The topological polar surface area (TPSA) is 81.9 Å². The molecule has 0 bridgehead atoms. The molecule has 0 amide bonds. The maximum absolute atomic E-state index is 12.2. The van der Waals surface area contributed by atoms with Crippen molar-refractivity contribution >= 4 is 39.0 Å². The smallest absolute Gasteiger partial charge is 0.191 e. The van der Waals surface area contributed by atoms with Gasteiger partial charge in [-0.1, -0.05) is 35.5 Å². The number of carbonyl (C=O) groups is 1. The normalized spacial score (nSPS) is 19.5. The third-order valence-corrected chi connectivity index (χ3v) is 6.97. The number of carbonyl (C=O) groups excluding carboxylic acids is 1. The zero-order valence-electron chi connectivity index (χ0n) is 13.0. The van der Waals surface area contributed by atoms with Gasteiger partial charge in [-0.25, -0.2) is 8.42 Å². The van der Waals surface area contributed by atoms with Gasteiger partial charge >= 0.3 is 0 Å². The molecule has 1 fully saturated rings. The van der Waals surface area contributed by atoms with Gasteiger partial charge in [-0.2, -0.15) is 0 Å². The first-order chi connectivity index (χ1) is 11.4. The van der Waals surface area contributed by atoms with Gasteiger partial charge in [-0.05, 0) is 18.6 Å². The molecule has 128 valence electrons. The third-order valence-electron chi connectivity index (χ3n) is 3.95. The Hall–Kier alpha value is -1.38. The van der Waals surface area contributed by atoms with E-state index in [-0.39, 0.29) is 29.0 Å². The summed E-state index contributed by atoms with van der Waals surface area (Å²) >= 11 is 7.18. The van der Waals surface area contributed by atoms with Crippen LogP contribution in [0.1, 0.15) is 28.5 Å². The summed E-state index contributed by atoms with van der Waals surface area (Å²) in [6.07, 6.45) is 0.570. The molecule has 2 heterocycles. The second-order valence-corrected chi connectivity index (χ2v) is 9.33. The number of aromatic nitrogens is 3. The predicted octanol–water partition coefficient (Wildman–Crippen LogP) is 2.35. The molecule has 1 atom stereocenters. The summed E-state index contributed by atoms with van der Waals surface area (Å²) in [6.45, 7) is 0. The highest BCUT2D eigenvalue weighted by molar-refractivity contribution is 7.99. The Kier molecular flexibility index (Phi) is 4.98. The summed E-state index contributed by atoms with van der Waals surface area (Å²) < 4.78 is 25.0. The van der Waals surface area contributed by atoms with E-state index in [1.54, 1.807) is 35.9 Å². The molecule has 0 saturated carbocycles. The van der Waals surface area contributed by atoms with Gasteiger partial charge in [-0.15, -0.1) is 10.2 Å². The molecule has 3 rings (SSSR count). The van der Waals surface area contributed by atoms with Crippen molar-refractivity contribution in [3.63, 3.8) is 0 Å². The van der Waals surface area contributed by atoms with Gasteiger partial charge in [0.25, 0.3) is 0 Å². The molecule has 2 aromatic rings. The highest BCUT2D eigenvalue weighted by atomic mass is 35.5. The van der Waals surface area contributed by atoms with E-state index in [0.717, 1.165) is 0 Å². The van der Waals surface area contributed by atoms with Crippen molar-refractivity contribution in [2.75, 3.05) is 17.3 Å². The van der Waals surface area contributed by atoms with E-state index in [9.17, 15) is 13.2 Å². The number of benzene rings is 1. The Balaban J connectivity index is 1.68. The van der Waals surface area contributed by atoms with Crippen LogP contribution in [-0.2, 0) is 16.9 Å². The summed E-state index contributed by atoms with van der Waals surface area (Å²) in [4.78, 5) is 12.2. The lowest BCUT2D eigenvalue weighted by Crippen LogP contribution is -2.09. The van der Waals surface area contributed by atoms with Crippen molar-refractivity contribution in [3.8, 4) is 0 Å². The Morgan fingerprint density at radius 2 is 2.21 bits per heavy atom.